The van der Waals surface area contributed by atoms with Gasteiger partial charge in [0.05, 0.1) is 13.1 Å². The summed E-state index contributed by atoms with van der Waals surface area (Å²) >= 11 is 0. The molecule has 0 bridgehead atoms. The number of nitrogens with one attached hydrogen (secondary N) is 1. The molecular formula is C16H20N4O3. The number of nitrogens with zero attached hydrogens (tertiary/aromatic N) is 3. The molecule has 3 rings (SSSR count). The van der Waals surface area contributed by atoms with Crippen LogP contribution in [0.3, 0.4) is 0 Å². The van der Waals surface area contributed by atoms with Crippen molar-refractivity contribution in [3.63, 3.8) is 0 Å². The van der Waals surface area contributed by atoms with Crippen molar-refractivity contribution in [2.75, 3.05) is 33.4 Å². The molecule has 0 spiro atoms. The zero-order valence-corrected chi connectivity index (χ0v) is 13.2. The van der Waals surface area contributed by atoms with Crippen molar-refractivity contribution in [2.24, 2.45) is 0 Å². The molecule has 7 nitrogen and oxygen atoms in total. The number of rotatable bonds is 2. The van der Waals surface area contributed by atoms with Crippen molar-refractivity contribution in [3.8, 4) is 11.8 Å². The number of aromatic nitrogens is 1. The predicted molar refractivity (Wildman–Crippen MR) is 81.7 cm³/mol. The van der Waals surface area contributed by atoms with Gasteiger partial charge in [0.15, 0.2) is 0 Å². The Labute approximate surface area is 135 Å². The van der Waals surface area contributed by atoms with Gasteiger partial charge in [-0.25, -0.2) is 0 Å². The third kappa shape index (κ3) is 2.87. The number of hydrogen-bond acceptors (Lipinski definition) is 6. The smallest absolute Gasteiger partial charge is 0.255 e. The number of fused-ring (bicyclic) bond motifs is 1. The zero-order valence-electron chi connectivity index (χ0n) is 13.2. The lowest BCUT2D eigenvalue weighted by Crippen LogP contribution is -2.55. The molecule has 0 saturated carbocycles. The van der Waals surface area contributed by atoms with E-state index in [-0.39, 0.29) is 5.91 Å². The summed E-state index contributed by atoms with van der Waals surface area (Å²) in [5, 5.41) is 12.4. The summed E-state index contributed by atoms with van der Waals surface area (Å²) in [5.41, 5.74) is 0.394. The fourth-order valence-electron chi connectivity index (χ4n) is 3.19. The van der Waals surface area contributed by atoms with Crippen LogP contribution in [-0.4, -0.2) is 54.7 Å². The number of carbonyl (C=O) groups excluding carboxylic acids is 1. The lowest BCUT2D eigenvalue weighted by atomic mass is 9.90. The second-order valence-corrected chi connectivity index (χ2v) is 5.81. The SMILES string of the molecule is COC1(C(=O)N2CCOc3c(C#N)cncc3C2)CCNCC1. The Morgan fingerprint density at radius 1 is 1.48 bits per heavy atom. The quantitative estimate of drug-likeness (QED) is 0.852. The van der Waals surface area contributed by atoms with E-state index < -0.39 is 5.60 Å². The van der Waals surface area contributed by atoms with Gasteiger partial charge in [-0.3, -0.25) is 9.78 Å². The summed E-state index contributed by atoms with van der Waals surface area (Å²) in [4.78, 5) is 18.9. The Balaban J connectivity index is 1.86. The number of piperidine rings is 1. The average molecular weight is 316 g/mol. The van der Waals surface area contributed by atoms with Gasteiger partial charge in [-0.15, -0.1) is 0 Å². The fourth-order valence-corrected chi connectivity index (χ4v) is 3.19. The summed E-state index contributed by atoms with van der Waals surface area (Å²) in [5.74, 6) is 0.523. The first-order valence-electron chi connectivity index (χ1n) is 7.75. The van der Waals surface area contributed by atoms with Gasteiger partial charge < -0.3 is 19.7 Å². The molecule has 23 heavy (non-hydrogen) atoms. The molecule has 1 fully saturated rings. The van der Waals surface area contributed by atoms with Crippen LogP contribution in [0.4, 0.5) is 0 Å². The van der Waals surface area contributed by atoms with Gasteiger partial charge in [-0.05, 0) is 25.9 Å². The fraction of sp³-hybridized carbons (Fsp3) is 0.562. The Hall–Kier alpha value is -2.17. The first-order chi connectivity index (χ1) is 11.2. The predicted octanol–water partition coefficient (Wildman–Crippen LogP) is 0.443. The van der Waals surface area contributed by atoms with E-state index in [1.54, 1.807) is 18.2 Å². The minimum absolute atomic E-state index is 0.0136. The number of methoxy groups -OCH3 is 1. The van der Waals surface area contributed by atoms with Crippen molar-refractivity contribution in [1.29, 1.82) is 5.26 Å². The highest BCUT2D eigenvalue weighted by molar-refractivity contribution is 5.85. The van der Waals surface area contributed by atoms with Crippen molar-refractivity contribution in [3.05, 3.63) is 23.5 Å². The Bertz CT molecular complexity index is 635. The largest absolute Gasteiger partial charge is 0.490 e. The number of ether oxygens (including phenoxy) is 2. The molecule has 0 aliphatic carbocycles. The molecule has 0 atom stereocenters. The van der Waals surface area contributed by atoms with E-state index in [4.69, 9.17) is 14.7 Å². The van der Waals surface area contributed by atoms with Crippen molar-refractivity contribution >= 4 is 5.91 Å². The molecule has 0 radical (unpaired) electrons. The van der Waals surface area contributed by atoms with Crippen LogP contribution in [-0.2, 0) is 16.1 Å². The van der Waals surface area contributed by atoms with E-state index in [0.29, 0.717) is 43.9 Å². The molecule has 1 amide bonds. The summed E-state index contributed by atoms with van der Waals surface area (Å²) < 4.78 is 11.3. The maximum atomic E-state index is 13.1. The Morgan fingerprint density at radius 3 is 2.96 bits per heavy atom. The van der Waals surface area contributed by atoms with Crippen LogP contribution in [0, 0.1) is 11.3 Å². The van der Waals surface area contributed by atoms with E-state index in [1.807, 2.05) is 0 Å². The number of pyridine rings is 1. The highest BCUT2D eigenvalue weighted by atomic mass is 16.5. The molecule has 1 aromatic rings. The van der Waals surface area contributed by atoms with E-state index in [2.05, 4.69) is 16.4 Å². The normalized spacial score (nSPS) is 19.9. The molecule has 2 aliphatic rings. The summed E-state index contributed by atoms with van der Waals surface area (Å²) in [6, 6.07) is 2.09. The lowest BCUT2D eigenvalue weighted by molar-refractivity contribution is -0.159. The highest BCUT2D eigenvalue weighted by Gasteiger charge is 2.42. The van der Waals surface area contributed by atoms with Gasteiger partial charge in [0.25, 0.3) is 5.91 Å². The summed E-state index contributed by atoms with van der Waals surface area (Å²) in [6.07, 6.45) is 4.45. The van der Waals surface area contributed by atoms with Crippen molar-refractivity contribution < 1.29 is 14.3 Å². The van der Waals surface area contributed by atoms with Crippen molar-refractivity contribution in [2.45, 2.75) is 25.0 Å². The molecule has 1 saturated heterocycles. The standard InChI is InChI=1S/C16H20N4O3/c1-22-16(2-4-18-5-3-16)15(21)20-6-7-23-14-12(8-17)9-19-10-13(14)11-20/h9-10,18H,2-7,11H2,1H3. The van der Waals surface area contributed by atoms with Gasteiger partial charge >= 0.3 is 0 Å². The van der Waals surface area contributed by atoms with E-state index in [9.17, 15) is 4.79 Å². The molecule has 0 unspecified atom stereocenters. The second-order valence-electron chi connectivity index (χ2n) is 5.81. The van der Waals surface area contributed by atoms with Crippen molar-refractivity contribution in [1.82, 2.24) is 15.2 Å². The number of hydrogen-bond donors (Lipinski definition) is 1. The van der Waals surface area contributed by atoms with Gasteiger partial charge in [-0.1, -0.05) is 0 Å². The van der Waals surface area contributed by atoms with Crippen LogP contribution in [0.2, 0.25) is 0 Å². The van der Waals surface area contributed by atoms with Crippen LogP contribution in [0.5, 0.6) is 5.75 Å². The van der Waals surface area contributed by atoms with Gasteiger partial charge in [-0.2, -0.15) is 5.26 Å². The first-order valence-corrected chi connectivity index (χ1v) is 7.75. The van der Waals surface area contributed by atoms with Crippen LogP contribution in [0.15, 0.2) is 12.4 Å². The van der Waals surface area contributed by atoms with Crippen LogP contribution in [0.25, 0.3) is 0 Å². The molecule has 1 aromatic heterocycles. The Morgan fingerprint density at radius 2 is 2.26 bits per heavy atom. The zero-order chi connectivity index (χ0) is 16.3. The molecule has 122 valence electrons. The average Bonchev–Trinajstić information content (AvgIpc) is 2.83. The molecule has 7 heteroatoms. The molecule has 0 aromatic carbocycles. The monoisotopic (exact) mass is 316 g/mol. The van der Waals surface area contributed by atoms with Crippen LogP contribution < -0.4 is 10.1 Å². The van der Waals surface area contributed by atoms with Gasteiger partial charge in [0, 0.05) is 25.1 Å². The third-order valence-electron chi connectivity index (χ3n) is 4.54. The van der Waals surface area contributed by atoms with E-state index in [1.165, 1.54) is 6.20 Å². The topological polar surface area (TPSA) is 87.5 Å². The summed E-state index contributed by atoms with van der Waals surface area (Å²) in [6.45, 7) is 2.74. The third-order valence-corrected chi connectivity index (χ3v) is 4.54. The highest BCUT2D eigenvalue weighted by Crippen LogP contribution is 2.30. The molecule has 1 N–H and O–H groups in total. The number of carbonyl (C=O) groups is 1. The number of nitriles is 1. The first kappa shape index (κ1) is 15.7. The maximum absolute atomic E-state index is 13.1. The molecule has 3 heterocycles. The number of amides is 1. The van der Waals surface area contributed by atoms with Gasteiger partial charge in [0.2, 0.25) is 0 Å². The van der Waals surface area contributed by atoms with Crippen LogP contribution >= 0.6 is 0 Å². The molecular weight excluding hydrogens is 296 g/mol. The van der Waals surface area contributed by atoms with Crippen LogP contribution in [0.1, 0.15) is 24.0 Å². The van der Waals surface area contributed by atoms with Gasteiger partial charge in [0.1, 0.15) is 29.6 Å². The minimum atomic E-state index is -0.768. The Kier molecular flexibility index (Phi) is 4.46. The maximum Gasteiger partial charge on any atom is 0.255 e. The second kappa shape index (κ2) is 6.52. The summed E-state index contributed by atoms with van der Waals surface area (Å²) in [7, 11) is 1.60. The van der Waals surface area contributed by atoms with E-state index >= 15 is 0 Å². The van der Waals surface area contributed by atoms with E-state index in [0.717, 1.165) is 18.7 Å². The minimum Gasteiger partial charge on any atom is -0.490 e. The molecule has 2 aliphatic heterocycles. The lowest BCUT2D eigenvalue weighted by Gasteiger charge is -2.38.